The number of rotatable bonds is 4. The van der Waals surface area contributed by atoms with Crippen LogP contribution in [0.5, 0.6) is 0 Å². The van der Waals surface area contributed by atoms with Crippen LogP contribution in [0.2, 0.25) is 0 Å². The Morgan fingerprint density at radius 1 is 1.38 bits per heavy atom. The van der Waals surface area contributed by atoms with Crippen molar-refractivity contribution in [2.45, 2.75) is 32.0 Å². The smallest absolute Gasteiger partial charge is 0.341 e. The van der Waals surface area contributed by atoms with Gasteiger partial charge in [-0.25, -0.2) is 4.39 Å². The summed E-state index contributed by atoms with van der Waals surface area (Å²) < 4.78 is 52.4. The molecule has 0 aromatic heterocycles. The Balaban J connectivity index is 1.97. The molecule has 1 heterocycles. The van der Waals surface area contributed by atoms with E-state index in [-0.39, 0.29) is 37.3 Å². The predicted molar refractivity (Wildman–Crippen MR) is 82.8 cm³/mol. The van der Waals surface area contributed by atoms with Crippen LogP contribution in [-0.2, 0) is 4.79 Å². The molecule has 1 aromatic carbocycles. The van der Waals surface area contributed by atoms with Crippen molar-refractivity contribution in [1.82, 2.24) is 9.80 Å². The Kier molecular flexibility index (Phi) is 5.85. The zero-order chi connectivity index (χ0) is 17.9. The highest BCUT2D eigenvalue weighted by Gasteiger charge is 2.42. The number of nitrogens with zero attached hydrogens (tertiary/aromatic N) is 2. The molecule has 7 heteroatoms. The average molecular weight is 346 g/mol. The Hall–Kier alpha value is -1.63. The molecule has 0 bridgehead atoms. The number of carbonyl (C=O) groups excluding carboxylic acids is 1. The third kappa shape index (κ3) is 4.47. The van der Waals surface area contributed by atoms with Gasteiger partial charge in [-0.2, -0.15) is 13.2 Å². The Morgan fingerprint density at radius 2 is 2.04 bits per heavy atom. The summed E-state index contributed by atoms with van der Waals surface area (Å²) in [7, 11) is 1.67. The molecule has 1 saturated heterocycles. The van der Waals surface area contributed by atoms with Crippen molar-refractivity contribution in [3.8, 4) is 0 Å². The minimum Gasteiger partial charge on any atom is -0.341 e. The third-order valence-corrected chi connectivity index (χ3v) is 4.64. The summed E-state index contributed by atoms with van der Waals surface area (Å²) in [4.78, 5) is 15.2. The van der Waals surface area contributed by atoms with E-state index in [4.69, 9.17) is 0 Å². The van der Waals surface area contributed by atoms with E-state index in [1.54, 1.807) is 37.1 Å². The topological polar surface area (TPSA) is 23.6 Å². The molecule has 0 radical (unpaired) electrons. The number of hydrogen-bond acceptors (Lipinski definition) is 2. The van der Waals surface area contributed by atoms with E-state index in [0.29, 0.717) is 18.5 Å². The van der Waals surface area contributed by atoms with Crippen LogP contribution in [0, 0.1) is 11.7 Å². The van der Waals surface area contributed by atoms with E-state index in [9.17, 15) is 22.4 Å². The number of hydrogen-bond donors (Lipinski definition) is 0. The van der Waals surface area contributed by atoms with Crippen LogP contribution in [0.4, 0.5) is 17.6 Å². The molecule has 1 aromatic rings. The van der Waals surface area contributed by atoms with Crippen molar-refractivity contribution in [2.24, 2.45) is 5.92 Å². The summed E-state index contributed by atoms with van der Waals surface area (Å²) in [5.41, 5.74) is 0.458. The minimum absolute atomic E-state index is 0.0416. The fourth-order valence-electron chi connectivity index (χ4n) is 2.97. The number of benzene rings is 1. The molecule has 24 heavy (non-hydrogen) atoms. The first-order valence-electron chi connectivity index (χ1n) is 7.99. The van der Waals surface area contributed by atoms with Crippen molar-refractivity contribution >= 4 is 5.91 Å². The fraction of sp³-hybridized carbons (Fsp3) is 0.588. The van der Waals surface area contributed by atoms with Gasteiger partial charge in [0.2, 0.25) is 5.91 Å². The third-order valence-electron chi connectivity index (χ3n) is 4.64. The highest BCUT2D eigenvalue weighted by molar-refractivity contribution is 5.78. The van der Waals surface area contributed by atoms with E-state index in [2.05, 4.69) is 0 Å². The lowest BCUT2D eigenvalue weighted by Crippen LogP contribution is -2.47. The van der Waals surface area contributed by atoms with E-state index in [1.807, 2.05) is 0 Å². The second kappa shape index (κ2) is 7.51. The molecule has 1 aliphatic rings. The van der Waals surface area contributed by atoms with Gasteiger partial charge in [0.15, 0.2) is 0 Å². The van der Waals surface area contributed by atoms with Crippen LogP contribution in [0.25, 0.3) is 0 Å². The average Bonchev–Trinajstić information content (AvgIpc) is 2.54. The number of amides is 1. The molecule has 0 spiro atoms. The number of carbonyl (C=O) groups is 1. The number of halogens is 4. The molecule has 3 nitrogen and oxygen atoms in total. The van der Waals surface area contributed by atoms with Crippen LogP contribution < -0.4 is 0 Å². The first-order valence-corrected chi connectivity index (χ1v) is 7.99. The van der Waals surface area contributed by atoms with Crippen LogP contribution in [-0.4, -0.2) is 48.6 Å². The van der Waals surface area contributed by atoms with Crippen LogP contribution in [0.1, 0.15) is 31.4 Å². The van der Waals surface area contributed by atoms with Crippen molar-refractivity contribution in [3.05, 3.63) is 35.6 Å². The van der Waals surface area contributed by atoms with Crippen LogP contribution in [0.15, 0.2) is 24.3 Å². The molecule has 1 aliphatic heterocycles. The highest BCUT2D eigenvalue weighted by atomic mass is 19.4. The van der Waals surface area contributed by atoms with Gasteiger partial charge in [0.25, 0.3) is 0 Å². The van der Waals surface area contributed by atoms with Gasteiger partial charge < -0.3 is 4.90 Å². The summed E-state index contributed by atoms with van der Waals surface area (Å²) >= 11 is 0. The first-order chi connectivity index (χ1) is 11.2. The van der Waals surface area contributed by atoms with Gasteiger partial charge >= 0.3 is 6.18 Å². The molecule has 134 valence electrons. The predicted octanol–water partition coefficient (Wildman–Crippen LogP) is 3.62. The Labute approximate surface area is 139 Å². The summed E-state index contributed by atoms with van der Waals surface area (Å²) in [6.07, 6.45) is -3.86. The largest absolute Gasteiger partial charge is 0.393 e. The molecule has 0 saturated carbocycles. The maximum absolute atomic E-state index is 13.8. The number of alkyl halides is 3. The second-order valence-corrected chi connectivity index (χ2v) is 6.33. The number of piperidine rings is 1. The van der Waals surface area contributed by atoms with Gasteiger partial charge in [0.05, 0.1) is 12.5 Å². The van der Waals surface area contributed by atoms with Gasteiger partial charge in [-0.1, -0.05) is 18.2 Å². The van der Waals surface area contributed by atoms with E-state index in [1.165, 1.54) is 11.0 Å². The maximum Gasteiger partial charge on any atom is 0.393 e. The van der Waals surface area contributed by atoms with E-state index in [0.717, 1.165) is 0 Å². The second-order valence-electron chi connectivity index (χ2n) is 6.33. The standard InChI is InChI=1S/C17H22F4N2O/c1-12(14-7-3-4-8-15(14)18)22(2)11-16(24)23-9-5-6-13(10-23)17(19,20)21/h3-4,7-8,12-13H,5-6,9-11H2,1-2H3. The Bertz CT molecular complexity index is 576. The lowest BCUT2D eigenvalue weighted by molar-refractivity contribution is -0.188. The van der Waals surface area contributed by atoms with Crippen LogP contribution in [0.3, 0.4) is 0 Å². The van der Waals surface area contributed by atoms with Crippen molar-refractivity contribution in [1.29, 1.82) is 0 Å². The van der Waals surface area contributed by atoms with Crippen molar-refractivity contribution < 1.29 is 22.4 Å². The molecule has 2 unspecified atom stereocenters. The number of likely N-dealkylation sites (N-methyl/N-ethyl adjacent to an activating group) is 1. The van der Waals surface area contributed by atoms with Gasteiger partial charge in [0.1, 0.15) is 5.82 Å². The minimum atomic E-state index is -4.27. The van der Waals surface area contributed by atoms with Gasteiger partial charge in [-0.3, -0.25) is 9.69 Å². The Morgan fingerprint density at radius 3 is 2.67 bits per heavy atom. The fourth-order valence-corrected chi connectivity index (χ4v) is 2.97. The van der Waals surface area contributed by atoms with Crippen molar-refractivity contribution in [2.75, 3.05) is 26.7 Å². The molecular formula is C17H22F4N2O. The van der Waals surface area contributed by atoms with Crippen LogP contribution >= 0.6 is 0 Å². The molecule has 1 fully saturated rings. The molecular weight excluding hydrogens is 324 g/mol. The van der Waals surface area contributed by atoms with Crippen molar-refractivity contribution in [3.63, 3.8) is 0 Å². The lowest BCUT2D eigenvalue weighted by atomic mass is 9.97. The molecule has 0 N–H and O–H groups in total. The molecule has 2 atom stereocenters. The normalized spacial score (nSPS) is 20.3. The van der Waals surface area contributed by atoms with E-state index >= 15 is 0 Å². The highest BCUT2D eigenvalue weighted by Crippen LogP contribution is 2.33. The SMILES string of the molecule is CC(c1ccccc1F)N(C)CC(=O)N1CCCC(C(F)(F)F)C1. The summed E-state index contributed by atoms with van der Waals surface area (Å²) in [5, 5.41) is 0. The molecule has 2 rings (SSSR count). The van der Waals surface area contributed by atoms with E-state index < -0.39 is 12.1 Å². The molecule has 1 amide bonds. The quantitative estimate of drug-likeness (QED) is 0.778. The summed E-state index contributed by atoms with van der Waals surface area (Å²) in [6.45, 7) is 1.78. The maximum atomic E-state index is 13.8. The number of likely N-dealkylation sites (tertiary alicyclic amines) is 1. The summed E-state index contributed by atoms with van der Waals surface area (Å²) in [5.74, 6) is -2.17. The van der Waals surface area contributed by atoms with Gasteiger partial charge in [-0.15, -0.1) is 0 Å². The zero-order valence-electron chi connectivity index (χ0n) is 13.8. The lowest BCUT2D eigenvalue weighted by Gasteiger charge is -2.35. The monoisotopic (exact) mass is 346 g/mol. The zero-order valence-corrected chi connectivity index (χ0v) is 13.8. The van der Waals surface area contributed by atoms with Gasteiger partial charge in [0, 0.05) is 24.7 Å². The first kappa shape index (κ1) is 18.7. The summed E-state index contributed by atoms with van der Waals surface area (Å²) in [6, 6.07) is 5.94. The molecule has 0 aliphatic carbocycles. The van der Waals surface area contributed by atoms with Gasteiger partial charge in [-0.05, 0) is 32.9 Å².